The van der Waals surface area contributed by atoms with Crippen molar-refractivity contribution in [3.63, 3.8) is 0 Å². The summed E-state index contributed by atoms with van der Waals surface area (Å²) < 4.78 is 0. The van der Waals surface area contributed by atoms with Crippen molar-refractivity contribution in [2.24, 2.45) is 0 Å². The largest absolute Gasteiger partial charge is 0.352 e. The maximum Gasteiger partial charge on any atom is 0.317 e. The Balaban J connectivity index is 1.55. The lowest BCUT2D eigenvalue weighted by molar-refractivity contribution is 0.219. The van der Waals surface area contributed by atoms with E-state index in [1.165, 1.54) is 0 Å². The van der Waals surface area contributed by atoms with Crippen LogP contribution in [-0.4, -0.2) is 47.1 Å². The van der Waals surface area contributed by atoms with Gasteiger partial charge in [-0.05, 0) is 17.0 Å². The Kier molecular flexibility index (Phi) is 4.79. The maximum atomic E-state index is 11.6. The van der Waals surface area contributed by atoms with Gasteiger partial charge in [0.05, 0.1) is 10.6 Å². The second-order valence-electron chi connectivity index (χ2n) is 5.94. The molecule has 4 rings (SSSR count). The van der Waals surface area contributed by atoms with Gasteiger partial charge in [-0.1, -0.05) is 36.4 Å². The molecule has 0 unspecified atom stereocenters. The van der Waals surface area contributed by atoms with Gasteiger partial charge in [0, 0.05) is 37.9 Å². The molecule has 2 amide bonds. The number of anilines is 1. The lowest BCUT2D eigenvalue weighted by Crippen LogP contribution is -2.32. The second-order valence-corrected chi connectivity index (χ2v) is 6.89. The molecule has 132 valence electrons. The third-order valence-corrected chi connectivity index (χ3v) is 5.11. The van der Waals surface area contributed by atoms with Gasteiger partial charge in [0.25, 0.3) is 0 Å². The zero-order valence-corrected chi connectivity index (χ0v) is 15.0. The van der Waals surface area contributed by atoms with Crippen molar-refractivity contribution in [2.75, 3.05) is 31.5 Å². The van der Waals surface area contributed by atoms with Crippen molar-refractivity contribution < 1.29 is 4.79 Å². The third-order valence-electron chi connectivity index (χ3n) is 4.24. The minimum atomic E-state index is -0.00795. The lowest BCUT2D eigenvalue weighted by atomic mass is 10.1. The fraction of sp³-hybridized carbons (Fsp3) is 0.211. The molecule has 7 heteroatoms. The van der Waals surface area contributed by atoms with Crippen molar-refractivity contribution >= 4 is 23.3 Å². The molecule has 0 atom stereocenters. The number of carbonyl (C=O) groups excluding carboxylic acids is 1. The number of nitrogens with zero attached hydrogens (tertiary/aromatic N) is 3. The summed E-state index contributed by atoms with van der Waals surface area (Å²) in [5, 5.41) is 8.08. The first-order valence-electron chi connectivity index (χ1n) is 8.54. The minimum Gasteiger partial charge on any atom is -0.352 e. The number of urea groups is 1. The van der Waals surface area contributed by atoms with E-state index in [1.807, 2.05) is 35.8 Å². The van der Waals surface area contributed by atoms with Crippen LogP contribution in [0.1, 0.15) is 0 Å². The summed E-state index contributed by atoms with van der Waals surface area (Å²) in [5.41, 5.74) is 3.02. The highest BCUT2D eigenvalue weighted by Crippen LogP contribution is 2.33. The number of thiophene rings is 1. The molecule has 1 aliphatic rings. The first kappa shape index (κ1) is 16.5. The van der Waals surface area contributed by atoms with Crippen LogP contribution < -0.4 is 10.6 Å². The molecule has 2 aromatic heterocycles. The van der Waals surface area contributed by atoms with Crippen LogP contribution in [-0.2, 0) is 0 Å². The third kappa shape index (κ3) is 3.52. The van der Waals surface area contributed by atoms with Crippen LogP contribution in [0.5, 0.6) is 0 Å². The van der Waals surface area contributed by atoms with Crippen molar-refractivity contribution in [1.82, 2.24) is 20.2 Å². The highest BCUT2D eigenvalue weighted by molar-refractivity contribution is 7.13. The number of benzene rings is 1. The standard InChI is InChI=1S/C19H19N5OS/c25-19-21-9-11-24(19)10-8-20-18-22-13-15(14-5-2-1-3-6-14)17(23-18)16-7-4-12-26-16/h1-7,12-13H,8-11H2,(H,21,25)(H,20,22,23). The van der Waals surface area contributed by atoms with Gasteiger partial charge in [-0.2, -0.15) is 0 Å². The molecule has 6 nitrogen and oxygen atoms in total. The van der Waals surface area contributed by atoms with Gasteiger partial charge < -0.3 is 15.5 Å². The van der Waals surface area contributed by atoms with Crippen molar-refractivity contribution in [2.45, 2.75) is 0 Å². The fourth-order valence-corrected chi connectivity index (χ4v) is 3.65. The van der Waals surface area contributed by atoms with E-state index in [0.717, 1.165) is 28.2 Å². The van der Waals surface area contributed by atoms with E-state index in [9.17, 15) is 4.79 Å². The Morgan fingerprint density at radius 1 is 1.19 bits per heavy atom. The van der Waals surface area contributed by atoms with Crippen LogP contribution >= 0.6 is 11.3 Å². The molecule has 3 aromatic rings. The highest BCUT2D eigenvalue weighted by atomic mass is 32.1. The first-order valence-corrected chi connectivity index (χ1v) is 9.42. The average molecular weight is 365 g/mol. The number of hydrogen-bond acceptors (Lipinski definition) is 5. The SMILES string of the molecule is O=C1NCCN1CCNc1ncc(-c2ccccc2)c(-c2cccs2)n1. The molecule has 0 aliphatic carbocycles. The first-order chi connectivity index (χ1) is 12.8. The Morgan fingerprint density at radius 2 is 2.08 bits per heavy atom. The van der Waals surface area contributed by atoms with E-state index in [1.54, 1.807) is 16.2 Å². The quantitative estimate of drug-likeness (QED) is 0.703. The van der Waals surface area contributed by atoms with Crippen LogP contribution in [0.2, 0.25) is 0 Å². The summed E-state index contributed by atoms with van der Waals surface area (Å²) in [4.78, 5) is 23.7. The van der Waals surface area contributed by atoms with Gasteiger partial charge in [0.2, 0.25) is 5.95 Å². The molecule has 1 saturated heterocycles. The molecule has 26 heavy (non-hydrogen) atoms. The summed E-state index contributed by atoms with van der Waals surface area (Å²) in [6.45, 7) is 2.70. The van der Waals surface area contributed by atoms with Gasteiger partial charge in [0.1, 0.15) is 0 Å². The van der Waals surface area contributed by atoms with Gasteiger partial charge in [-0.3, -0.25) is 0 Å². The highest BCUT2D eigenvalue weighted by Gasteiger charge is 2.18. The Labute approximate surface area is 155 Å². The Morgan fingerprint density at radius 3 is 2.81 bits per heavy atom. The minimum absolute atomic E-state index is 0.00795. The maximum absolute atomic E-state index is 11.6. The van der Waals surface area contributed by atoms with Crippen LogP contribution in [0, 0.1) is 0 Å². The van der Waals surface area contributed by atoms with E-state index in [2.05, 4.69) is 33.8 Å². The van der Waals surface area contributed by atoms with E-state index < -0.39 is 0 Å². The van der Waals surface area contributed by atoms with Crippen molar-refractivity contribution in [3.05, 3.63) is 54.0 Å². The molecular formula is C19H19N5OS. The summed E-state index contributed by atoms with van der Waals surface area (Å²) in [6, 6.07) is 14.2. The van der Waals surface area contributed by atoms with Crippen molar-refractivity contribution in [1.29, 1.82) is 0 Å². The smallest absolute Gasteiger partial charge is 0.317 e. The number of rotatable bonds is 6. The van der Waals surface area contributed by atoms with Gasteiger partial charge in [-0.15, -0.1) is 11.3 Å². The van der Waals surface area contributed by atoms with Crippen LogP contribution in [0.15, 0.2) is 54.0 Å². The number of aromatic nitrogens is 2. The Bertz CT molecular complexity index is 882. The molecule has 1 fully saturated rings. The van der Waals surface area contributed by atoms with E-state index in [4.69, 9.17) is 4.98 Å². The molecule has 1 aromatic carbocycles. The molecule has 0 saturated carbocycles. The zero-order chi connectivity index (χ0) is 17.8. The summed E-state index contributed by atoms with van der Waals surface area (Å²) in [5.74, 6) is 0.577. The number of hydrogen-bond donors (Lipinski definition) is 2. The molecule has 1 aliphatic heterocycles. The van der Waals surface area contributed by atoms with Crippen molar-refractivity contribution in [3.8, 4) is 21.7 Å². The monoisotopic (exact) mass is 365 g/mol. The average Bonchev–Trinajstić information content (AvgIpc) is 3.35. The second kappa shape index (κ2) is 7.53. The van der Waals surface area contributed by atoms with Crippen LogP contribution in [0.3, 0.4) is 0 Å². The normalized spacial score (nSPS) is 13.7. The zero-order valence-electron chi connectivity index (χ0n) is 14.2. The topological polar surface area (TPSA) is 70.2 Å². The molecule has 3 heterocycles. The number of carbonyl (C=O) groups is 1. The Hall–Kier alpha value is -2.93. The van der Waals surface area contributed by atoms with Gasteiger partial charge in [0.15, 0.2) is 0 Å². The molecule has 0 bridgehead atoms. The van der Waals surface area contributed by atoms with E-state index >= 15 is 0 Å². The molecule has 0 spiro atoms. The fourth-order valence-electron chi connectivity index (χ4n) is 2.92. The van der Waals surface area contributed by atoms with Crippen LogP contribution in [0.25, 0.3) is 21.7 Å². The predicted molar refractivity (Wildman–Crippen MR) is 104 cm³/mol. The lowest BCUT2D eigenvalue weighted by Gasteiger charge is -2.15. The molecule has 2 N–H and O–H groups in total. The van der Waals surface area contributed by atoms with E-state index in [0.29, 0.717) is 25.6 Å². The summed E-state index contributed by atoms with van der Waals surface area (Å²) in [6.07, 6.45) is 1.86. The summed E-state index contributed by atoms with van der Waals surface area (Å²) in [7, 11) is 0. The summed E-state index contributed by atoms with van der Waals surface area (Å²) >= 11 is 1.66. The van der Waals surface area contributed by atoms with Gasteiger partial charge in [-0.25, -0.2) is 14.8 Å². The molecule has 0 radical (unpaired) electrons. The number of nitrogens with one attached hydrogen (secondary N) is 2. The predicted octanol–water partition coefficient (Wildman–Crippen LogP) is 3.31. The molecular weight excluding hydrogens is 346 g/mol. The van der Waals surface area contributed by atoms with E-state index in [-0.39, 0.29) is 6.03 Å². The van der Waals surface area contributed by atoms with Crippen LogP contribution in [0.4, 0.5) is 10.7 Å². The van der Waals surface area contributed by atoms with Gasteiger partial charge >= 0.3 is 6.03 Å². The number of amides is 2.